The molecule has 0 aliphatic carbocycles. The molecule has 0 amide bonds. The molecule has 0 saturated heterocycles. The van der Waals surface area contributed by atoms with Crippen LogP contribution in [0.4, 0.5) is 0 Å². The van der Waals surface area contributed by atoms with Gasteiger partial charge in [0, 0.05) is 19.2 Å². The first kappa shape index (κ1) is 18.3. The van der Waals surface area contributed by atoms with Crippen molar-refractivity contribution in [1.29, 1.82) is 0 Å². The van der Waals surface area contributed by atoms with Gasteiger partial charge in [-0.2, -0.15) is 0 Å². The van der Waals surface area contributed by atoms with Crippen molar-refractivity contribution in [2.75, 3.05) is 34.2 Å². The average molecular weight is 350 g/mol. The molecule has 21 heavy (non-hydrogen) atoms. The molecule has 0 radical (unpaired) electrons. The maximum atomic E-state index is 12.5. The van der Waals surface area contributed by atoms with Gasteiger partial charge in [-0.1, -0.05) is 29.9 Å². The van der Waals surface area contributed by atoms with E-state index in [-0.39, 0.29) is 14.9 Å². The topological polar surface area (TPSA) is 66.6 Å². The number of sulfonamides is 1. The molecule has 118 valence electrons. The third kappa shape index (κ3) is 4.89. The molecule has 0 bridgehead atoms. The van der Waals surface area contributed by atoms with Crippen LogP contribution >= 0.6 is 23.8 Å². The van der Waals surface area contributed by atoms with Gasteiger partial charge < -0.3 is 10.6 Å². The van der Waals surface area contributed by atoms with Gasteiger partial charge in [0.05, 0.1) is 5.02 Å². The Morgan fingerprint density at radius 1 is 1.29 bits per heavy atom. The SMILES string of the molecule is CN(C)CCCN(C)S(=O)(=O)c1cc(C(N)=S)ccc1Cl. The van der Waals surface area contributed by atoms with Crippen LogP contribution < -0.4 is 5.73 Å². The molecule has 0 aliphatic heterocycles. The summed E-state index contributed by atoms with van der Waals surface area (Å²) < 4.78 is 26.4. The van der Waals surface area contributed by atoms with E-state index in [9.17, 15) is 8.42 Å². The summed E-state index contributed by atoms with van der Waals surface area (Å²) in [5.74, 6) is 0. The first-order valence-corrected chi connectivity index (χ1v) is 8.59. The number of rotatable bonds is 7. The van der Waals surface area contributed by atoms with Crippen molar-refractivity contribution in [1.82, 2.24) is 9.21 Å². The number of hydrogen-bond donors (Lipinski definition) is 1. The Hall–Kier alpha value is -0.730. The highest BCUT2D eigenvalue weighted by molar-refractivity contribution is 7.89. The summed E-state index contributed by atoms with van der Waals surface area (Å²) in [4.78, 5) is 2.17. The Bertz CT molecular complexity index is 618. The fourth-order valence-electron chi connectivity index (χ4n) is 1.75. The molecule has 0 saturated carbocycles. The highest BCUT2D eigenvalue weighted by atomic mass is 35.5. The molecule has 0 unspecified atom stereocenters. The molecule has 0 aliphatic rings. The van der Waals surface area contributed by atoms with Gasteiger partial charge in [0.1, 0.15) is 9.88 Å². The second kappa shape index (κ2) is 7.51. The van der Waals surface area contributed by atoms with Crippen molar-refractivity contribution in [3.8, 4) is 0 Å². The summed E-state index contributed by atoms with van der Waals surface area (Å²) in [6, 6.07) is 4.52. The zero-order valence-electron chi connectivity index (χ0n) is 12.3. The predicted molar refractivity (Wildman–Crippen MR) is 90.3 cm³/mol. The first-order valence-electron chi connectivity index (χ1n) is 6.36. The maximum absolute atomic E-state index is 12.5. The number of nitrogens with two attached hydrogens (primary N) is 1. The Kier molecular flexibility index (Phi) is 6.55. The van der Waals surface area contributed by atoms with Crippen molar-refractivity contribution < 1.29 is 8.42 Å². The van der Waals surface area contributed by atoms with E-state index in [1.54, 1.807) is 6.07 Å². The van der Waals surface area contributed by atoms with Crippen LogP contribution in [0.5, 0.6) is 0 Å². The van der Waals surface area contributed by atoms with Crippen LogP contribution in [0, 0.1) is 0 Å². The summed E-state index contributed by atoms with van der Waals surface area (Å²) in [5.41, 5.74) is 6.02. The average Bonchev–Trinajstić information content (AvgIpc) is 2.37. The molecular formula is C13H20ClN3O2S2. The standard InChI is InChI=1S/C13H20ClN3O2S2/c1-16(2)7-4-8-17(3)21(18,19)12-9-10(13(15)20)5-6-11(12)14/h5-6,9H,4,7-8H2,1-3H3,(H2,15,20). The lowest BCUT2D eigenvalue weighted by molar-refractivity contribution is 0.370. The van der Waals surface area contributed by atoms with Crippen LogP contribution in [-0.2, 0) is 10.0 Å². The van der Waals surface area contributed by atoms with Gasteiger partial charge in [-0.25, -0.2) is 12.7 Å². The van der Waals surface area contributed by atoms with E-state index in [1.165, 1.54) is 23.5 Å². The van der Waals surface area contributed by atoms with Crippen molar-refractivity contribution in [2.24, 2.45) is 5.73 Å². The summed E-state index contributed by atoms with van der Waals surface area (Å²) in [7, 11) is 1.76. The lowest BCUT2D eigenvalue weighted by Gasteiger charge is -2.19. The normalized spacial score (nSPS) is 12.1. The Morgan fingerprint density at radius 3 is 2.43 bits per heavy atom. The molecule has 8 heteroatoms. The maximum Gasteiger partial charge on any atom is 0.244 e. The Labute approximate surface area is 136 Å². The van der Waals surface area contributed by atoms with Gasteiger partial charge in [-0.3, -0.25) is 0 Å². The van der Waals surface area contributed by atoms with Crippen molar-refractivity contribution >= 4 is 38.8 Å². The van der Waals surface area contributed by atoms with E-state index in [0.717, 1.165) is 13.0 Å². The fourth-order valence-corrected chi connectivity index (χ4v) is 3.58. The molecule has 0 atom stereocenters. The molecule has 0 fully saturated rings. The van der Waals surface area contributed by atoms with Gasteiger partial charge in [-0.05, 0) is 39.2 Å². The number of hydrogen-bond acceptors (Lipinski definition) is 4. The fraction of sp³-hybridized carbons (Fsp3) is 0.462. The minimum atomic E-state index is -3.66. The number of thiocarbonyl (C=S) groups is 1. The highest BCUT2D eigenvalue weighted by Crippen LogP contribution is 2.25. The summed E-state index contributed by atoms with van der Waals surface area (Å²) in [6.07, 6.45) is 0.731. The third-order valence-corrected chi connectivity index (χ3v) is 5.56. The lowest BCUT2D eigenvalue weighted by Crippen LogP contribution is -2.30. The van der Waals surface area contributed by atoms with Gasteiger partial charge in [0.15, 0.2) is 0 Å². The molecule has 1 aromatic rings. The van der Waals surface area contributed by atoms with E-state index in [2.05, 4.69) is 0 Å². The number of benzene rings is 1. The van der Waals surface area contributed by atoms with E-state index >= 15 is 0 Å². The van der Waals surface area contributed by atoms with Crippen LogP contribution in [0.1, 0.15) is 12.0 Å². The van der Waals surface area contributed by atoms with Crippen molar-refractivity contribution in [3.05, 3.63) is 28.8 Å². The van der Waals surface area contributed by atoms with Gasteiger partial charge in [-0.15, -0.1) is 0 Å². The second-order valence-electron chi connectivity index (χ2n) is 4.99. The monoisotopic (exact) mass is 349 g/mol. The van der Waals surface area contributed by atoms with Crippen LogP contribution in [0.15, 0.2) is 23.1 Å². The molecule has 2 N–H and O–H groups in total. The molecular weight excluding hydrogens is 330 g/mol. The van der Waals surface area contributed by atoms with E-state index in [1.807, 2.05) is 19.0 Å². The van der Waals surface area contributed by atoms with E-state index in [0.29, 0.717) is 12.1 Å². The second-order valence-corrected chi connectivity index (χ2v) is 7.85. The lowest BCUT2D eigenvalue weighted by atomic mass is 10.2. The Balaban J connectivity index is 3.01. The van der Waals surface area contributed by atoms with E-state index in [4.69, 9.17) is 29.6 Å². The largest absolute Gasteiger partial charge is 0.389 e. The van der Waals surface area contributed by atoms with Crippen LogP contribution in [0.25, 0.3) is 0 Å². The summed E-state index contributed by atoms with van der Waals surface area (Å²) in [5, 5.41) is 0.162. The third-order valence-electron chi connectivity index (χ3n) is 2.98. The summed E-state index contributed by atoms with van der Waals surface area (Å²) >= 11 is 10.9. The molecule has 0 aromatic heterocycles. The van der Waals surface area contributed by atoms with Crippen LogP contribution in [0.3, 0.4) is 0 Å². The smallest absolute Gasteiger partial charge is 0.244 e. The molecule has 5 nitrogen and oxygen atoms in total. The zero-order valence-corrected chi connectivity index (χ0v) is 14.7. The minimum absolute atomic E-state index is 0.0295. The first-order chi connectivity index (χ1) is 9.66. The number of halogens is 1. The van der Waals surface area contributed by atoms with Crippen molar-refractivity contribution in [3.63, 3.8) is 0 Å². The van der Waals surface area contributed by atoms with Crippen LogP contribution in [0.2, 0.25) is 5.02 Å². The Morgan fingerprint density at radius 2 is 1.90 bits per heavy atom. The minimum Gasteiger partial charge on any atom is -0.389 e. The van der Waals surface area contributed by atoms with Gasteiger partial charge in [0.25, 0.3) is 0 Å². The molecule has 1 rings (SSSR count). The quantitative estimate of drug-likeness (QED) is 0.756. The van der Waals surface area contributed by atoms with Gasteiger partial charge >= 0.3 is 0 Å². The highest BCUT2D eigenvalue weighted by Gasteiger charge is 2.24. The molecule has 1 aromatic carbocycles. The zero-order chi connectivity index (χ0) is 16.2. The van der Waals surface area contributed by atoms with E-state index < -0.39 is 10.0 Å². The summed E-state index contributed by atoms with van der Waals surface area (Å²) in [6.45, 7) is 1.22. The van der Waals surface area contributed by atoms with Gasteiger partial charge in [0.2, 0.25) is 10.0 Å². The molecule has 0 spiro atoms. The molecule has 0 heterocycles. The van der Waals surface area contributed by atoms with Crippen LogP contribution in [-0.4, -0.2) is 56.8 Å². The number of nitrogens with zero attached hydrogens (tertiary/aromatic N) is 2. The van der Waals surface area contributed by atoms with Crippen molar-refractivity contribution in [2.45, 2.75) is 11.3 Å². The predicted octanol–water partition coefficient (Wildman–Crippen LogP) is 1.55.